The largest absolute Gasteiger partial charge is 0.586 e. The molecule has 1 atom stereocenters. The number of hydrogen-bond acceptors (Lipinski definition) is 6. The SMILES string of the molecule is NC(=O)OC1SCC(=O)N1c1ccc2c(c1)OC(F)(F)O2. The van der Waals surface area contributed by atoms with Crippen molar-refractivity contribution in [2.75, 3.05) is 10.7 Å². The molecule has 0 saturated carbocycles. The molecular formula is C11H8F2N2O5S. The Morgan fingerprint density at radius 3 is 2.86 bits per heavy atom. The molecule has 21 heavy (non-hydrogen) atoms. The average molecular weight is 318 g/mol. The number of rotatable bonds is 2. The van der Waals surface area contributed by atoms with E-state index in [4.69, 9.17) is 10.5 Å². The van der Waals surface area contributed by atoms with Crippen molar-refractivity contribution >= 4 is 29.4 Å². The van der Waals surface area contributed by atoms with E-state index >= 15 is 0 Å². The maximum Gasteiger partial charge on any atom is 0.586 e. The van der Waals surface area contributed by atoms with Crippen LogP contribution in [0.3, 0.4) is 0 Å². The molecule has 2 amide bonds. The molecule has 2 heterocycles. The van der Waals surface area contributed by atoms with E-state index in [-0.39, 0.29) is 28.8 Å². The van der Waals surface area contributed by atoms with Gasteiger partial charge in [0, 0.05) is 6.07 Å². The number of fused-ring (bicyclic) bond motifs is 1. The molecule has 10 heteroatoms. The van der Waals surface area contributed by atoms with E-state index in [1.807, 2.05) is 0 Å². The number of hydrogen-bond donors (Lipinski definition) is 1. The van der Waals surface area contributed by atoms with Crippen LogP contribution in [0.1, 0.15) is 0 Å². The van der Waals surface area contributed by atoms with Gasteiger partial charge in [0.15, 0.2) is 11.5 Å². The van der Waals surface area contributed by atoms with Crippen molar-refractivity contribution in [1.82, 2.24) is 0 Å². The van der Waals surface area contributed by atoms with Gasteiger partial charge in [-0.25, -0.2) is 4.79 Å². The van der Waals surface area contributed by atoms with E-state index in [9.17, 15) is 18.4 Å². The lowest BCUT2D eigenvalue weighted by Gasteiger charge is -2.22. The summed E-state index contributed by atoms with van der Waals surface area (Å²) in [5.74, 6) is -0.630. The fourth-order valence-corrected chi connectivity index (χ4v) is 2.92. The average Bonchev–Trinajstić information content (AvgIpc) is 2.86. The Morgan fingerprint density at radius 1 is 1.43 bits per heavy atom. The van der Waals surface area contributed by atoms with Crippen LogP contribution in [-0.4, -0.2) is 29.6 Å². The molecule has 112 valence electrons. The molecule has 0 bridgehead atoms. The number of benzene rings is 1. The normalized spacial score (nSPS) is 22.5. The number of thioether (sulfide) groups is 1. The highest BCUT2D eigenvalue weighted by Crippen LogP contribution is 2.44. The van der Waals surface area contributed by atoms with Gasteiger partial charge in [-0.3, -0.25) is 9.69 Å². The summed E-state index contributed by atoms with van der Waals surface area (Å²) in [6.07, 6.45) is -4.78. The van der Waals surface area contributed by atoms with Crippen LogP contribution in [0.15, 0.2) is 18.2 Å². The predicted octanol–water partition coefficient (Wildman–Crippen LogP) is 1.47. The van der Waals surface area contributed by atoms with Gasteiger partial charge in [0.25, 0.3) is 0 Å². The van der Waals surface area contributed by atoms with Crippen LogP contribution in [0.5, 0.6) is 11.5 Å². The van der Waals surface area contributed by atoms with Crippen molar-refractivity contribution in [2.45, 2.75) is 11.9 Å². The van der Waals surface area contributed by atoms with E-state index in [0.717, 1.165) is 16.7 Å². The second-order valence-electron chi connectivity index (χ2n) is 4.12. The third kappa shape index (κ3) is 2.53. The van der Waals surface area contributed by atoms with E-state index in [1.54, 1.807) is 0 Å². The number of primary amides is 1. The minimum atomic E-state index is -3.74. The van der Waals surface area contributed by atoms with Gasteiger partial charge < -0.3 is 19.9 Å². The Morgan fingerprint density at radius 2 is 2.14 bits per heavy atom. The van der Waals surface area contributed by atoms with E-state index < -0.39 is 17.9 Å². The van der Waals surface area contributed by atoms with E-state index in [0.29, 0.717) is 0 Å². The van der Waals surface area contributed by atoms with Gasteiger partial charge in [-0.05, 0) is 12.1 Å². The van der Waals surface area contributed by atoms with E-state index in [2.05, 4.69) is 9.47 Å². The zero-order chi connectivity index (χ0) is 15.2. The molecular weight excluding hydrogens is 310 g/mol. The molecule has 1 aromatic carbocycles. The van der Waals surface area contributed by atoms with E-state index in [1.165, 1.54) is 18.2 Å². The Bertz CT molecular complexity index is 627. The molecule has 1 saturated heterocycles. The summed E-state index contributed by atoms with van der Waals surface area (Å²) in [6, 6.07) is 3.82. The molecule has 2 aliphatic rings. The molecule has 7 nitrogen and oxygen atoms in total. The van der Waals surface area contributed by atoms with Crippen LogP contribution in [0.2, 0.25) is 0 Å². The molecule has 1 aromatic rings. The van der Waals surface area contributed by atoms with Gasteiger partial charge in [-0.1, -0.05) is 11.8 Å². The maximum atomic E-state index is 13.0. The highest BCUT2D eigenvalue weighted by molar-refractivity contribution is 8.01. The zero-order valence-electron chi connectivity index (χ0n) is 10.2. The van der Waals surface area contributed by atoms with Crippen LogP contribution in [-0.2, 0) is 9.53 Å². The molecule has 0 spiro atoms. The fraction of sp³-hybridized carbons (Fsp3) is 0.273. The van der Waals surface area contributed by atoms with Crippen molar-refractivity contribution < 1.29 is 32.6 Å². The standard InChI is InChI=1S/C11H8F2N2O5S/c12-11(13)19-6-2-1-5(3-7(6)20-11)15-8(16)4-21-10(15)18-9(14)17/h1-3,10H,4H2,(H2,14,17). The van der Waals surface area contributed by atoms with Crippen molar-refractivity contribution in [3.63, 3.8) is 0 Å². The van der Waals surface area contributed by atoms with Crippen molar-refractivity contribution in [2.24, 2.45) is 5.73 Å². The highest BCUT2D eigenvalue weighted by Gasteiger charge is 2.44. The van der Waals surface area contributed by atoms with Crippen molar-refractivity contribution in [3.8, 4) is 11.5 Å². The number of ether oxygens (including phenoxy) is 3. The van der Waals surface area contributed by atoms with Crippen LogP contribution in [0.4, 0.5) is 19.3 Å². The van der Waals surface area contributed by atoms with Crippen molar-refractivity contribution in [1.29, 1.82) is 0 Å². The minimum absolute atomic E-state index is 0.0720. The lowest BCUT2D eigenvalue weighted by Crippen LogP contribution is -2.36. The number of anilines is 1. The summed E-state index contributed by atoms with van der Waals surface area (Å²) >= 11 is 1.05. The molecule has 2 N–H and O–H groups in total. The first-order valence-electron chi connectivity index (χ1n) is 5.65. The van der Waals surface area contributed by atoms with Crippen LogP contribution in [0, 0.1) is 0 Å². The first-order valence-corrected chi connectivity index (χ1v) is 6.70. The summed E-state index contributed by atoms with van der Waals surface area (Å²) in [6.45, 7) is 0. The van der Waals surface area contributed by atoms with Gasteiger partial charge >= 0.3 is 12.4 Å². The third-order valence-corrected chi connectivity index (χ3v) is 3.71. The molecule has 0 aliphatic carbocycles. The lowest BCUT2D eigenvalue weighted by molar-refractivity contribution is -0.286. The monoisotopic (exact) mass is 318 g/mol. The Kier molecular flexibility index (Phi) is 3.04. The molecule has 0 radical (unpaired) electrons. The number of carbonyl (C=O) groups is 2. The molecule has 1 fully saturated rings. The predicted molar refractivity (Wildman–Crippen MR) is 67.0 cm³/mol. The van der Waals surface area contributed by atoms with Gasteiger partial charge in [0.1, 0.15) is 0 Å². The number of alkyl halides is 2. The topological polar surface area (TPSA) is 91.1 Å². The molecule has 2 aliphatic heterocycles. The van der Waals surface area contributed by atoms with Crippen LogP contribution in [0.25, 0.3) is 0 Å². The summed E-state index contributed by atoms with van der Waals surface area (Å²) in [4.78, 5) is 23.8. The minimum Gasteiger partial charge on any atom is -0.415 e. The summed E-state index contributed by atoms with van der Waals surface area (Å²) < 4.78 is 39.3. The number of carbonyl (C=O) groups excluding carboxylic acids is 2. The number of nitrogens with two attached hydrogens (primary N) is 1. The van der Waals surface area contributed by atoms with Crippen LogP contribution < -0.4 is 20.1 Å². The quantitative estimate of drug-likeness (QED) is 0.888. The highest BCUT2D eigenvalue weighted by atomic mass is 32.2. The Balaban J connectivity index is 1.90. The number of amides is 2. The molecule has 3 rings (SSSR count). The Hall–Kier alpha value is -2.23. The summed E-state index contributed by atoms with van der Waals surface area (Å²) in [5.41, 5.74) is 4.21. The smallest absolute Gasteiger partial charge is 0.415 e. The summed E-state index contributed by atoms with van der Waals surface area (Å²) in [5, 5.41) is 0. The van der Waals surface area contributed by atoms with Gasteiger partial charge in [0.05, 0.1) is 11.4 Å². The summed E-state index contributed by atoms with van der Waals surface area (Å²) in [7, 11) is 0. The maximum absolute atomic E-state index is 13.0. The number of nitrogens with zero attached hydrogens (tertiary/aromatic N) is 1. The van der Waals surface area contributed by atoms with Gasteiger partial charge in [-0.15, -0.1) is 8.78 Å². The fourth-order valence-electron chi connectivity index (χ4n) is 1.94. The second-order valence-corrected chi connectivity index (χ2v) is 5.14. The van der Waals surface area contributed by atoms with Gasteiger partial charge in [-0.2, -0.15) is 0 Å². The molecule has 1 unspecified atom stereocenters. The van der Waals surface area contributed by atoms with Crippen LogP contribution >= 0.6 is 11.8 Å². The lowest BCUT2D eigenvalue weighted by atomic mass is 10.2. The first kappa shape index (κ1) is 13.7. The molecule has 0 aromatic heterocycles. The van der Waals surface area contributed by atoms with Gasteiger partial charge in [0.2, 0.25) is 11.5 Å². The zero-order valence-corrected chi connectivity index (χ0v) is 11.1. The number of halogens is 2. The van der Waals surface area contributed by atoms with Crippen molar-refractivity contribution in [3.05, 3.63) is 18.2 Å². The Labute approximate surface area is 120 Å². The third-order valence-electron chi connectivity index (χ3n) is 2.71. The first-order chi connectivity index (χ1) is 9.85. The second kappa shape index (κ2) is 4.65.